The molecule has 1 aromatic heterocycles. The van der Waals surface area contributed by atoms with Crippen molar-refractivity contribution in [1.29, 1.82) is 0 Å². The Balaban J connectivity index is 1.82. The number of aromatic hydroxyl groups is 1. The van der Waals surface area contributed by atoms with E-state index in [0.717, 1.165) is 20.2 Å². The summed E-state index contributed by atoms with van der Waals surface area (Å²) in [7, 11) is 3.74. The van der Waals surface area contributed by atoms with Gasteiger partial charge in [-0.1, -0.05) is 0 Å². The van der Waals surface area contributed by atoms with E-state index in [2.05, 4.69) is 75.6 Å². The molecule has 144 valence electrons. The number of phenols is 1. The van der Waals surface area contributed by atoms with Crippen LogP contribution in [0.25, 0.3) is 0 Å². The van der Waals surface area contributed by atoms with Gasteiger partial charge in [-0.15, -0.1) is 0 Å². The number of hydrogen-bond donors (Lipinski definition) is 2. The summed E-state index contributed by atoms with van der Waals surface area (Å²) in [5.41, 5.74) is 3.46. The summed E-state index contributed by atoms with van der Waals surface area (Å²) in [4.78, 5) is 17.2. The van der Waals surface area contributed by atoms with E-state index in [0.29, 0.717) is 36.6 Å². The normalized spacial score (nSPS) is 14.6. The van der Waals surface area contributed by atoms with E-state index in [1.807, 2.05) is 31.1 Å². The lowest BCUT2D eigenvalue weighted by atomic mass is 10.2. The first-order chi connectivity index (χ1) is 12.9. The molecule has 9 nitrogen and oxygen atoms in total. The molecule has 3 rings (SSSR count). The van der Waals surface area contributed by atoms with Gasteiger partial charge in [-0.3, -0.25) is 0 Å². The third-order valence-corrected chi connectivity index (χ3v) is 5.18. The minimum atomic E-state index is 0.195. The summed E-state index contributed by atoms with van der Waals surface area (Å²) >= 11 is 4.29. The van der Waals surface area contributed by atoms with Crippen LogP contribution in [0.1, 0.15) is 5.56 Å². The van der Waals surface area contributed by atoms with Gasteiger partial charge in [0.25, 0.3) is 0 Å². The largest absolute Gasteiger partial charge is 0.506 e. The second-order valence-electron chi connectivity index (χ2n) is 5.95. The molecule has 0 unspecified atom stereocenters. The molecular weight excluding hydrogens is 576 g/mol. The van der Waals surface area contributed by atoms with Crippen molar-refractivity contribution in [2.45, 2.75) is 0 Å². The monoisotopic (exact) mass is 595 g/mol. The average molecular weight is 595 g/mol. The molecule has 0 atom stereocenters. The Bertz CT molecular complexity index is 842. The number of aromatic nitrogens is 3. The summed E-state index contributed by atoms with van der Waals surface area (Å²) in [6.45, 7) is 2.76. The van der Waals surface area contributed by atoms with Gasteiger partial charge in [0.2, 0.25) is 17.8 Å². The predicted molar refractivity (Wildman–Crippen MR) is 122 cm³/mol. The summed E-state index contributed by atoms with van der Waals surface area (Å²) < 4.78 is 7.17. The number of halogens is 2. The third kappa shape index (κ3) is 5.28. The minimum Gasteiger partial charge on any atom is -0.506 e. The number of benzene rings is 1. The Morgan fingerprint density at radius 3 is 2.67 bits per heavy atom. The highest BCUT2D eigenvalue weighted by molar-refractivity contribution is 14.1. The maximum Gasteiger partial charge on any atom is 0.250 e. The topological polar surface area (TPSA) is 99.0 Å². The lowest BCUT2D eigenvalue weighted by Crippen LogP contribution is -2.37. The molecule has 0 saturated carbocycles. The van der Waals surface area contributed by atoms with Gasteiger partial charge in [0.1, 0.15) is 5.75 Å². The van der Waals surface area contributed by atoms with Crippen molar-refractivity contribution in [3.8, 4) is 5.75 Å². The first kappa shape index (κ1) is 20.3. The van der Waals surface area contributed by atoms with Crippen molar-refractivity contribution in [3.05, 3.63) is 24.8 Å². The lowest BCUT2D eigenvalue weighted by Gasteiger charge is -2.27. The predicted octanol–water partition coefficient (Wildman–Crippen LogP) is 2.13. The van der Waals surface area contributed by atoms with E-state index in [4.69, 9.17) is 4.74 Å². The number of ether oxygens (including phenoxy) is 1. The molecule has 2 aromatic rings. The van der Waals surface area contributed by atoms with E-state index >= 15 is 0 Å². The molecule has 1 aromatic carbocycles. The van der Waals surface area contributed by atoms with E-state index in [1.54, 1.807) is 6.21 Å². The highest BCUT2D eigenvalue weighted by atomic mass is 127. The van der Waals surface area contributed by atoms with E-state index in [9.17, 15) is 5.11 Å². The molecule has 0 aliphatic carbocycles. The van der Waals surface area contributed by atoms with Gasteiger partial charge < -0.3 is 19.6 Å². The highest BCUT2D eigenvalue weighted by Gasteiger charge is 2.17. The Labute approximate surface area is 184 Å². The molecule has 2 heterocycles. The summed E-state index contributed by atoms with van der Waals surface area (Å²) in [6, 6.07) is 3.74. The van der Waals surface area contributed by atoms with Gasteiger partial charge in [0, 0.05) is 36.3 Å². The maximum absolute atomic E-state index is 10.2. The van der Waals surface area contributed by atoms with Crippen LogP contribution in [0.3, 0.4) is 0 Å². The zero-order chi connectivity index (χ0) is 19.4. The SMILES string of the molecule is CN(C)c1nc(N/N=C/c2cc(I)cc(I)c2O)nc(N2CCOCC2)n1. The number of anilines is 3. The van der Waals surface area contributed by atoms with Crippen LogP contribution in [-0.2, 0) is 4.74 Å². The molecule has 11 heteroatoms. The van der Waals surface area contributed by atoms with Crippen LogP contribution in [0, 0.1) is 7.14 Å². The van der Waals surface area contributed by atoms with Gasteiger partial charge in [-0.05, 0) is 57.3 Å². The zero-order valence-corrected chi connectivity index (χ0v) is 19.2. The molecule has 0 amide bonds. The number of nitrogens with one attached hydrogen (secondary N) is 1. The van der Waals surface area contributed by atoms with Crippen molar-refractivity contribution < 1.29 is 9.84 Å². The fraction of sp³-hybridized carbons (Fsp3) is 0.375. The van der Waals surface area contributed by atoms with E-state index < -0.39 is 0 Å². The number of rotatable bonds is 5. The molecule has 1 saturated heterocycles. The van der Waals surface area contributed by atoms with Crippen LogP contribution in [0.2, 0.25) is 0 Å². The number of hydrogen-bond acceptors (Lipinski definition) is 9. The van der Waals surface area contributed by atoms with Crippen LogP contribution in [0.15, 0.2) is 17.2 Å². The van der Waals surface area contributed by atoms with Crippen LogP contribution in [-0.4, -0.2) is 66.7 Å². The molecule has 1 aliphatic rings. The molecule has 0 spiro atoms. The van der Waals surface area contributed by atoms with Gasteiger partial charge >= 0.3 is 0 Å². The first-order valence-electron chi connectivity index (χ1n) is 8.17. The fourth-order valence-electron chi connectivity index (χ4n) is 2.35. The van der Waals surface area contributed by atoms with E-state index in [-0.39, 0.29) is 5.75 Å². The summed E-state index contributed by atoms with van der Waals surface area (Å²) in [6.07, 6.45) is 1.55. The molecule has 2 N–H and O–H groups in total. The Morgan fingerprint density at radius 2 is 1.96 bits per heavy atom. The zero-order valence-electron chi connectivity index (χ0n) is 14.9. The van der Waals surface area contributed by atoms with Crippen LogP contribution < -0.4 is 15.2 Å². The van der Waals surface area contributed by atoms with Gasteiger partial charge in [-0.2, -0.15) is 20.1 Å². The van der Waals surface area contributed by atoms with Crippen molar-refractivity contribution in [2.24, 2.45) is 5.10 Å². The molecule has 1 fully saturated rings. The molecule has 1 aliphatic heterocycles. The summed E-state index contributed by atoms with van der Waals surface area (Å²) in [5.74, 6) is 1.66. The van der Waals surface area contributed by atoms with Crippen molar-refractivity contribution in [2.75, 3.05) is 55.6 Å². The Hall–Kier alpha value is -1.48. The number of morpholine rings is 1. The maximum atomic E-state index is 10.2. The third-order valence-electron chi connectivity index (χ3n) is 3.73. The van der Waals surface area contributed by atoms with Gasteiger partial charge in [0.15, 0.2) is 0 Å². The number of hydrazone groups is 1. The van der Waals surface area contributed by atoms with E-state index in [1.165, 1.54) is 0 Å². The van der Waals surface area contributed by atoms with Crippen molar-refractivity contribution >= 4 is 69.2 Å². The second-order valence-corrected chi connectivity index (χ2v) is 8.36. The van der Waals surface area contributed by atoms with Gasteiger partial charge in [0.05, 0.1) is 23.0 Å². The number of phenolic OH excluding ortho intramolecular Hbond substituents is 1. The fourth-order valence-corrected chi connectivity index (χ4v) is 4.24. The highest BCUT2D eigenvalue weighted by Crippen LogP contribution is 2.25. The quantitative estimate of drug-likeness (QED) is 0.309. The van der Waals surface area contributed by atoms with Crippen molar-refractivity contribution in [3.63, 3.8) is 0 Å². The summed E-state index contributed by atoms with van der Waals surface area (Å²) in [5, 5.41) is 14.3. The van der Waals surface area contributed by atoms with Gasteiger partial charge in [-0.25, -0.2) is 5.43 Å². The second kappa shape index (κ2) is 9.14. The number of nitrogens with zero attached hydrogens (tertiary/aromatic N) is 6. The average Bonchev–Trinajstić information content (AvgIpc) is 2.66. The molecule has 0 radical (unpaired) electrons. The lowest BCUT2D eigenvalue weighted by molar-refractivity contribution is 0.122. The Morgan fingerprint density at radius 1 is 1.22 bits per heavy atom. The van der Waals surface area contributed by atoms with Crippen LogP contribution in [0.4, 0.5) is 17.8 Å². The van der Waals surface area contributed by atoms with Crippen LogP contribution in [0.5, 0.6) is 5.75 Å². The molecule has 0 bridgehead atoms. The standard InChI is InChI=1S/C16H19I2N7O2/c1-24(2)15-20-14(21-16(22-15)25-3-5-27-6-4-25)23-19-9-10-7-11(17)8-12(18)13(10)26/h7-9,26H,3-6H2,1-2H3,(H,20,21,22,23)/b19-9+. The first-order valence-corrected chi connectivity index (χ1v) is 10.3. The van der Waals surface area contributed by atoms with Crippen LogP contribution >= 0.6 is 45.2 Å². The smallest absolute Gasteiger partial charge is 0.250 e. The van der Waals surface area contributed by atoms with Crippen molar-refractivity contribution in [1.82, 2.24) is 15.0 Å². The molecule has 27 heavy (non-hydrogen) atoms. The Kier molecular flexibility index (Phi) is 6.86. The molecular formula is C16H19I2N7O2. The minimum absolute atomic E-state index is 0.195.